The lowest BCUT2D eigenvalue weighted by Gasteiger charge is -2.10. The van der Waals surface area contributed by atoms with E-state index in [9.17, 15) is 9.59 Å². The average Bonchev–Trinajstić information content (AvgIpc) is 3.21. The number of nitrogens with zero attached hydrogens (tertiary/aromatic N) is 1. The number of ether oxygens (including phenoxy) is 1. The van der Waals surface area contributed by atoms with Gasteiger partial charge in [-0.2, -0.15) is 0 Å². The molecule has 126 valence electrons. The van der Waals surface area contributed by atoms with E-state index in [1.165, 1.54) is 29.0 Å². The molecule has 1 amide bonds. The van der Waals surface area contributed by atoms with Crippen LogP contribution in [-0.2, 0) is 4.79 Å². The minimum Gasteiger partial charge on any atom is -0.457 e. The van der Waals surface area contributed by atoms with Gasteiger partial charge in [0.15, 0.2) is 0 Å². The van der Waals surface area contributed by atoms with Gasteiger partial charge < -0.3 is 9.15 Å². The second kappa shape index (κ2) is 7.50. The normalized spacial score (nSPS) is 15.7. The van der Waals surface area contributed by atoms with Crippen LogP contribution in [0.1, 0.15) is 16.1 Å². The summed E-state index contributed by atoms with van der Waals surface area (Å²) in [6, 6.07) is 10.0. The molecule has 2 heterocycles. The summed E-state index contributed by atoms with van der Waals surface area (Å²) in [6.07, 6.45) is 4.74. The zero-order valence-corrected chi connectivity index (χ0v) is 14.6. The first-order chi connectivity index (χ1) is 12.1. The highest BCUT2D eigenvalue weighted by Crippen LogP contribution is 2.32. The Morgan fingerprint density at radius 1 is 1.36 bits per heavy atom. The Morgan fingerprint density at radius 2 is 2.20 bits per heavy atom. The van der Waals surface area contributed by atoms with Crippen molar-refractivity contribution in [2.24, 2.45) is 0 Å². The molecule has 0 unspecified atom stereocenters. The van der Waals surface area contributed by atoms with E-state index in [4.69, 9.17) is 21.4 Å². The third-order valence-electron chi connectivity index (χ3n) is 3.27. The van der Waals surface area contributed by atoms with E-state index in [1.54, 1.807) is 36.4 Å². The molecule has 0 N–H and O–H groups in total. The first kappa shape index (κ1) is 17.2. The van der Waals surface area contributed by atoms with E-state index < -0.39 is 5.97 Å². The van der Waals surface area contributed by atoms with Crippen LogP contribution < -0.4 is 4.74 Å². The van der Waals surface area contributed by atoms with Crippen LogP contribution in [0.5, 0.6) is 5.75 Å². The highest BCUT2D eigenvalue weighted by atomic mass is 32.2. The zero-order valence-electron chi connectivity index (χ0n) is 13.0. The number of rotatable bonds is 5. The molecule has 7 heteroatoms. The smallest absolute Gasteiger partial charge is 0.379 e. The third kappa shape index (κ3) is 3.89. The number of thiocarbonyl (C=S) groups is 1. The number of carbonyl (C=O) groups excluding carboxylic acids is 2. The molecule has 0 aliphatic carbocycles. The van der Waals surface area contributed by atoms with Gasteiger partial charge in [-0.25, -0.2) is 4.79 Å². The summed E-state index contributed by atoms with van der Waals surface area (Å²) in [4.78, 5) is 26.3. The lowest BCUT2D eigenvalue weighted by atomic mass is 10.2. The third-order valence-corrected chi connectivity index (χ3v) is 4.65. The number of furan rings is 1. The van der Waals surface area contributed by atoms with Crippen molar-refractivity contribution >= 4 is 46.3 Å². The maximum atomic E-state index is 12.3. The molecule has 1 aliphatic rings. The number of esters is 1. The summed E-state index contributed by atoms with van der Waals surface area (Å²) >= 11 is 6.44. The van der Waals surface area contributed by atoms with Crippen molar-refractivity contribution in [1.82, 2.24) is 4.90 Å². The minimum absolute atomic E-state index is 0.121. The molecular weight excluding hydrogens is 358 g/mol. The highest BCUT2D eigenvalue weighted by Gasteiger charge is 2.30. The number of hydrogen-bond acceptors (Lipinski definition) is 6. The quantitative estimate of drug-likeness (QED) is 0.261. The SMILES string of the molecule is C=CCN1C(=O)C(=Cc2cccc(OC(=O)c3ccco3)c2)SC1=S. The number of thioether (sulfide) groups is 1. The van der Waals surface area contributed by atoms with Gasteiger partial charge >= 0.3 is 5.97 Å². The lowest BCUT2D eigenvalue weighted by Crippen LogP contribution is -2.27. The van der Waals surface area contributed by atoms with E-state index in [1.807, 2.05) is 6.07 Å². The molecule has 1 saturated heterocycles. The van der Waals surface area contributed by atoms with E-state index in [0.717, 1.165) is 5.56 Å². The van der Waals surface area contributed by atoms with Gasteiger partial charge in [0, 0.05) is 6.54 Å². The molecule has 0 radical (unpaired) electrons. The molecule has 3 rings (SSSR count). The van der Waals surface area contributed by atoms with Crippen LogP contribution >= 0.6 is 24.0 Å². The van der Waals surface area contributed by atoms with Crippen LogP contribution in [0.4, 0.5) is 0 Å². The fourth-order valence-corrected chi connectivity index (χ4v) is 3.43. The van der Waals surface area contributed by atoms with Gasteiger partial charge in [-0.15, -0.1) is 6.58 Å². The van der Waals surface area contributed by atoms with Gasteiger partial charge in [0.25, 0.3) is 5.91 Å². The maximum absolute atomic E-state index is 12.3. The molecule has 0 atom stereocenters. The van der Waals surface area contributed by atoms with Gasteiger partial charge in [0.2, 0.25) is 5.76 Å². The van der Waals surface area contributed by atoms with E-state index >= 15 is 0 Å². The maximum Gasteiger partial charge on any atom is 0.379 e. The zero-order chi connectivity index (χ0) is 17.8. The van der Waals surface area contributed by atoms with Crippen LogP contribution in [0.15, 0.2) is 64.6 Å². The Morgan fingerprint density at radius 3 is 2.92 bits per heavy atom. The molecule has 25 heavy (non-hydrogen) atoms. The monoisotopic (exact) mass is 371 g/mol. The molecule has 0 spiro atoms. The van der Waals surface area contributed by atoms with Crippen molar-refractivity contribution in [2.45, 2.75) is 0 Å². The van der Waals surface area contributed by atoms with Crippen molar-refractivity contribution in [3.63, 3.8) is 0 Å². The van der Waals surface area contributed by atoms with Crippen molar-refractivity contribution in [3.8, 4) is 5.75 Å². The number of amides is 1. The fraction of sp³-hybridized carbons (Fsp3) is 0.0556. The Balaban J connectivity index is 1.78. The predicted octanol–water partition coefficient (Wildman–Crippen LogP) is 3.89. The summed E-state index contributed by atoms with van der Waals surface area (Å²) in [5.74, 6) is -0.264. The predicted molar refractivity (Wildman–Crippen MR) is 100 cm³/mol. The van der Waals surface area contributed by atoms with Gasteiger partial charge in [0.05, 0.1) is 11.2 Å². The summed E-state index contributed by atoms with van der Waals surface area (Å²) < 4.78 is 10.8. The Labute approximate surface area is 153 Å². The molecule has 1 aliphatic heterocycles. The molecule has 1 aromatic heterocycles. The Bertz CT molecular complexity index is 871. The van der Waals surface area contributed by atoms with Crippen molar-refractivity contribution in [1.29, 1.82) is 0 Å². The second-order valence-corrected chi connectivity index (χ2v) is 6.70. The molecule has 1 aromatic carbocycles. The first-order valence-corrected chi connectivity index (χ1v) is 8.53. The van der Waals surface area contributed by atoms with Crippen LogP contribution in [0, 0.1) is 0 Å². The molecule has 5 nitrogen and oxygen atoms in total. The summed E-state index contributed by atoms with van der Waals surface area (Å²) in [5, 5.41) is 0. The largest absolute Gasteiger partial charge is 0.457 e. The highest BCUT2D eigenvalue weighted by molar-refractivity contribution is 8.26. The van der Waals surface area contributed by atoms with E-state index in [-0.39, 0.29) is 11.7 Å². The second-order valence-electron chi connectivity index (χ2n) is 5.02. The first-order valence-electron chi connectivity index (χ1n) is 7.30. The molecule has 0 saturated carbocycles. The average molecular weight is 371 g/mol. The summed E-state index contributed by atoms with van der Waals surface area (Å²) in [7, 11) is 0. The Kier molecular flexibility index (Phi) is 5.16. The molecular formula is C18H13NO4S2. The number of hydrogen-bond donors (Lipinski definition) is 0. The van der Waals surface area contributed by atoms with Crippen molar-refractivity contribution in [3.05, 3.63) is 71.5 Å². The summed E-state index contributed by atoms with van der Waals surface area (Å²) in [5.41, 5.74) is 0.726. The minimum atomic E-state index is -0.584. The number of carbonyl (C=O) groups is 2. The molecule has 0 bridgehead atoms. The molecule has 1 fully saturated rings. The summed E-state index contributed by atoms with van der Waals surface area (Å²) in [6.45, 7) is 4.00. The standard InChI is InChI=1S/C18H13NO4S2/c1-2-8-19-16(20)15(25-18(19)24)11-12-5-3-6-13(10-12)23-17(21)14-7-4-9-22-14/h2-7,9-11H,1,8H2. The topological polar surface area (TPSA) is 59.8 Å². The van der Waals surface area contributed by atoms with Crippen molar-refractivity contribution in [2.75, 3.05) is 6.54 Å². The van der Waals surface area contributed by atoms with Gasteiger partial charge in [0.1, 0.15) is 10.1 Å². The van der Waals surface area contributed by atoms with Gasteiger partial charge in [-0.1, -0.05) is 42.2 Å². The lowest BCUT2D eigenvalue weighted by molar-refractivity contribution is -0.121. The van der Waals surface area contributed by atoms with Gasteiger partial charge in [-0.3, -0.25) is 9.69 Å². The van der Waals surface area contributed by atoms with Gasteiger partial charge in [-0.05, 0) is 35.9 Å². The molecule has 2 aromatic rings. The van der Waals surface area contributed by atoms with Crippen LogP contribution in [0.2, 0.25) is 0 Å². The van der Waals surface area contributed by atoms with Crippen LogP contribution in [-0.4, -0.2) is 27.6 Å². The number of benzene rings is 1. The van der Waals surface area contributed by atoms with Crippen molar-refractivity contribution < 1.29 is 18.7 Å². The van der Waals surface area contributed by atoms with E-state index in [0.29, 0.717) is 21.5 Å². The van der Waals surface area contributed by atoms with Crippen LogP contribution in [0.25, 0.3) is 6.08 Å². The Hall–Kier alpha value is -2.64. The van der Waals surface area contributed by atoms with Crippen LogP contribution in [0.3, 0.4) is 0 Å². The van der Waals surface area contributed by atoms with E-state index in [2.05, 4.69) is 6.58 Å². The fourth-order valence-electron chi connectivity index (χ4n) is 2.16.